The molecule has 2 aromatic carbocycles. The zero-order valence-electron chi connectivity index (χ0n) is 14.0. The Morgan fingerprint density at radius 2 is 1.58 bits per heavy atom. The Balaban J connectivity index is 1.66. The van der Waals surface area contributed by atoms with Gasteiger partial charge in [-0.2, -0.15) is 0 Å². The molecule has 3 aromatic rings. The Morgan fingerprint density at radius 1 is 0.923 bits per heavy atom. The minimum atomic E-state index is -3.72. The summed E-state index contributed by atoms with van der Waals surface area (Å²) in [6, 6.07) is 15.9. The molecule has 0 atom stereocenters. The van der Waals surface area contributed by atoms with Crippen LogP contribution in [0.25, 0.3) is 0 Å². The highest BCUT2D eigenvalue weighted by Crippen LogP contribution is 2.18. The van der Waals surface area contributed by atoms with E-state index in [4.69, 9.17) is 0 Å². The highest BCUT2D eigenvalue weighted by atomic mass is 32.2. The van der Waals surface area contributed by atoms with Crippen molar-refractivity contribution in [1.82, 2.24) is 10.2 Å². The third-order valence-electron chi connectivity index (χ3n) is 3.67. The van der Waals surface area contributed by atoms with Crippen LogP contribution in [0.15, 0.2) is 65.6 Å². The number of nitrogens with zero attached hydrogens (tertiary/aromatic N) is 2. The number of nitrogens with one attached hydrogen (secondary N) is 2. The van der Waals surface area contributed by atoms with E-state index in [1.54, 1.807) is 43.3 Å². The third kappa shape index (κ3) is 4.34. The maximum atomic E-state index is 12.9. The van der Waals surface area contributed by atoms with Crippen LogP contribution in [0.2, 0.25) is 0 Å². The van der Waals surface area contributed by atoms with Gasteiger partial charge in [0, 0.05) is 6.54 Å². The highest BCUT2D eigenvalue weighted by Gasteiger charge is 2.17. The molecule has 0 saturated carbocycles. The van der Waals surface area contributed by atoms with Crippen LogP contribution < -0.4 is 10.0 Å². The van der Waals surface area contributed by atoms with Gasteiger partial charge in [-0.25, -0.2) is 12.8 Å². The Morgan fingerprint density at radius 3 is 2.23 bits per heavy atom. The first-order chi connectivity index (χ1) is 12.4. The van der Waals surface area contributed by atoms with E-state index in [1.807, 2.05) is 0 Å². The van der Waals surface area contributed by atoms with E-state index in [-0.39, 0.29) is 16.5 Å². The molecule has 1 aromatic heterocycles. The summed E-state index contributed by atoms with van der Waals surface area (Å²) < 4.78 is 40.1. The van der Waals surface area contributed by atoms with Crippen molar-refractivity contribution in [3.63, 3.8) is 0 Å². The van der Waals surface area contributed by atoms with Crippen molar-refractivity contribution in [1.29, 1.82) is 0 Å². The number of hydrogen-bond donors (Lipinski definition) is 2. The van der Waals surface area contributed by atoms with E-state index < -0.39 is 10.0 Å². The highest BCUT2D eigenvalue weighted by molar-refractivity contribution is 7.92. The van der Waals surface area contributed by atoms with Gasteiger partial charge in [0.15, 0.2) is 5.82 Å². The maximum absolute atomic E-state index is 12.9. The standard InChI is InChI=1S/C18H17FN4O2S/c1-13-4-2-3-5-16(13)26(24,25)23-18-11-10-17(21-22-18)20-12-14-6-8-15(19)9-7-14/h2-11H,12H2,1H3,(H,20,21)(H,22,23). The van der Waals surface area contributed by atoms with Crippen LogP contribution in [0.5, 0.6) is 0 Å². The summed E-state index contributed by atoms with van der Waals surface area (Å²) in [4.78, 5) is 0.195. The zero-order valence-corrected chi connectivity index (χ0v) is 14.8. The predicted molar refractivity (Wildman–Crippen MR) is 97.7 cm³/mol. The molecule has 0 bridgehead atoms. The number of rotatable bonds is 6. The van der Waals surface area contributed by atoms with Gasteiger partial charge in [0.2, 0.25) is 0 Å². The molecule has 0 aliphatic rings. The van der Waals surface area contributed by atoms with Gasteiger partial charge < -0.3 is 5.32 Å². The molecule has 2 N–H and O–H groups in total. The van der Waals surface area contributed by atoms with Crippen molar-refractivity contribution < 1.29 is 12.8 Å². The monoisotopic (exact) mass is 372 g/mol. The van der Waals surface area contributed by atoms with Crippen molar-refractivity contribution in [2.45, 2.75) is 18.4 Å². The molecule has 0 amide bonds. The summed E-state index contributed by atoms with van der Waals surface area (Å²) in [7, 11) is -3.72. The molecule has 0 radical (unpaired) electrons. The molecule has 0 aliphatic carbocycles. The second kappa shape index (κ2) is 7.49. The van der Waals surface area contributed by atoms with E-state index in [0.717, 1.165) is 5.56 Å². The van der Waals surface area contributed by atoms with Crippen LogP contribution in [0, 0.1) is 12.7 Å². The lowest BCUT2D eigenvalue weighted by atomic mass is 10.2. The van der Waals surface area contributed by atoms with Crippen molar-refractivity contribution in [2.24, 2.45) is 0 Å². The molecule has 0 saturated heterocycles. The number of sulfonamides is 1. The molecule has 0 unspecified atom stereocenters. The average Bonchev–Trinajstić information content (AvgIpc) is 2.62. The number of anilines is 2. The largest absolute Gasteiger partial charge is 0.365 e. The van der Waals surface area contributed by atoms with Gasteiger partial charge in [0.25, 0.3) is 10.0 Å². The summed E-state index contributed by atoms with van der Waals surface area (Å²) >= 11 is 0. The number of aromatic nitrogens is 2. The maximum Gasteiger partial charge on any atom is 0.263 e. The quantitative estimate of drug-likeness (QED) is 0.693. The van der Waals surface area contributed by atoms with Crippen molar-refractivity contribution in [3.05, 3.63) is 77.6 Å². The van der Waals surface area contributed by atoms with E-state index in [2.05, 4.69) is 20.2 Å². The minimum Gasteiger partial charge on any atom is -0.365 e. The topological polar surface area (TPSA) is 84.0 Å². The van der Waals surface area contributed by atoms with Crippen molar-refractivity contribution in [3.8, 4) is 0 Å². The fraction of sp³-hybridized carbons (Fsp3) is 0.111. The normalized spacial score (nSPS) is 11.2. The van der Waals surface area contributed by atoms with Crippen molar-refractivity contribution in [2.75, 3.05) is 10.0 Å². The Hall–Kier alpha value is -3.00. The van der Waals surface area contributed by atoms with Gasteiger partial charge >= 0.3 is 0 Å². The number of halogens is 1. The lowest BCUT2D eigenvalue weighted by Gasteiger charge is -2.10. The molecule has 3 rings (SSSR count). The van der Waals surface area contributed by atoms with Crippen molar-refractivity contribution >= 4 is 21.7 Å². The molecule has 8 heteroatoms. The first-order valence-corrected chi connectivity index (χ1v) is 9.33. The van der Waals surface area contributed by atoms with Crippen LogP contribution in [0.1, 0.15) is 11.1 Å². The molecule has 6 nitrogen and oxygen atoms in total. The van der Waals surface area contributed by atoms with Gasteiger partial charge in [-0.1, -0.05) is 30.3 Å². The molecule has 1 heterocycles. The Labute approximate surface area is 151 Å². The summed E-state index contributed by atoms with van der Waals surface area (Å²) in [5.74, 6) is 0.313. The van der Waals surface area contributed by atoms with E-state index >= 15 is 0 Å². The molecule has 134 valence electrons. The number of hydrogen-bond acceptors (Lipinski definition) is 5. The van der Waals surface area contributed by atoms with E-state index in [9.17, 15) is 12.8 Å². The van der Waals surface area contributed by atoms with Gasteiger partial charge in [0.1, 0.15) is 11.6 Å². The lowest BCUT2D eigenvalue weighted by molar-refractivity contribution is 0.600. The van der Waals surface area contributed by atoms with Gasteiger partial charge in [-0.3, -0.25) is 4.72 Å². The van der Waals surface area contributed by atoms with Gasteiger partial charge in [-0.05, 0) is 48.4 Å². The zero-order chi connectivity index (χ0) is 18.6. The molecule has 26 heavy (non-hydrogen) atoms. The van der Waals surface area contributed by atoms with Crippen LogP contribution in [-0.4, -0.2) is 18.6 Å². The molecular weight excluding hydrogens is 355 g/mol. The van der Waals surface area contributed by atoms with Crippen LogP contribution >= 0.6 is 0 Å². The molecular formula is C18H17FN4O2S. The van der Waals surface area contributed by atoms with E-state index in [1.165, 1.54) is 24.3 Å². The molecule has 0 fully saturated rings. The van der Waals surface area contributed by atoms with Crippen LogP contribution in [0.4, 0.5) is 16.0 Å². The molecule has 0 aliphatic heterocycles. The van der Waals surface area contributed by atoms with Crippen LogP contribution in [-0.2, 0) is 16.6 Å². The fourth-order valence-electron chi connectivity index (χ4n) is 2.33. The SMILES string of the molecule is Cc1ccccc1S(=O)(=O)Nc1ccc(NCc2ccc(F)cc2)nn1. The summed E-state index contributed by atoms with van der Waals surface area (Å²) in [6.07, 6.45) is 0. The third-order valence-corrected chi connectivity index (χ3v) is 5.19. The Kier molecular flexibility index (Phi) is 5.13. The predicted octanol–water partition coefficient (Wildman–Crippen LogP) is 3.34. The second-order valence-electron chi connectivity index (χ2n) is 5.65. The fourth-order valence-corrected chi connectivity index (χ4v) is 3.57. The van der Waals surface area contributed by atoms with E-state index in [0.29, 0.717) is 17.9 Å². The van der Waals surface area contributed by atoms with Gasteiger partial charge in [-0.15, -0.1) is 10.2 Å². The van der Waals surface area contributed by atoms with Crippen LogP contribution in [0.3, 0.4) is 0 Å². The summed E-state index contributed by atoms with van der Waals surface area (Å²) in [5.41, 5.74) is 1.53. The first-order valence-electron chi connectivity index (χ1n) is 7.84. The first kappa shape index (κ1) is 17.8. The summed E-state index contributed by atoms with van der Waals surface area (Å²) in [6.45, 7) is 2.17. The number of aryl methyl sites for hydroxylation is 1. The lowest BCUT2D eigenvalue weighted by Crippen LogP contribution is -2.15. The molecule has 0 spiro atoms. The minimum absolute atomic E-state index is 0.126. The second-order valence-corrected chi connectivity index (χ2v) is 7.31. The Bertz CT molecular complexity index is 990. The average molecular weight is 372 g/mol. The van der Waals surface area contributed by atoms with Gasteiger partial charge in [0.05, 0.1) is 4.90 Å². The number of benzene rings is 2. The summed E-state index contributed by atoms with van der Waals surface area (Å²) in [5, 5.41) is 10.9. The smallest absolute Gasteiger partial charge is 0.263 e.